The third-order valence-corrected chi connectivity index (χ3v) is 9.83. The maximum Gasteiger partial charge on any atom is 0.137 e. The Hall–Kier alpha value is -6.13. The molecule has 0 bridgehead atoms. The van der Waals surface area contributed by atoms with Gasteiger partial charge in [0.15, 0.2) is 0 Å². The molecule has 0 unspecified atom stereocenters. The van der Waals surface area contributed by atoms with Crippen molar-refractivity contribution in [1.29, 1.82) is 0 Å². The van der Waals surface area contributed by atoms with Gasteiger partial charge in [-0.2, -0.15) is 0 Å². The van der Waals surface area contributed by atoms with E-state index in [0.29, 0.717) is 11.5 Å². The fraction of sp³-hybridized carbons (Fsp3) is 0.0889. The normalized spacial score (nSPS) is 15.3. The summed E-state index contributed by atoms with van der Waals surface area (Å²) in [6.07, 6.45) is 1.56. The number of aryl methyl sites for hydroxylation is 1. The van der Waals surface area contributed by atoms with E-state index in [2.05, 4.69) is 94.4 Å². The molecule has 0 saturated heterocycles. The van der Waals surface area contributed by atoms with E-state index in [1.165, 1.54) is 4.90 Å². The Morgan fingerprint density at radius 3 is 2.02 bits per heavy atom. The van der Waals surface area contributed by atoms with Crippen LogP contribution in [0.3, 0.4) is 0 Å². The number of anilines is 3. The molecule has 2 aromatic heterocycles. The van der Waals surface area contributed by atoms with E-state index >= 15 is 0 Å². The van der Waals surface area contributed by atoms with Gasteiger partial charge in [-0.05, 0) is 83.2 Å². The lowest BCUT2D eigenvalue weighted by molar-refractivity contribution is 0.745. The van der Waals surface area contributed by atoms with Crippen molar-refractivity contribution >= 4 is 38.9 Å². The first-order valence-corrected chi connectivity index (χ1v) is 16.4. The van der Waals surface area contributed by atoms with Gasteiger partial charge in [-0.15, -0.1) is 0 Å². The number of para-hydroxylation sites is 3. The number of pyridine rings is 1. The number of rotatable bonds is 6. The zero-order chi connectivity index (χ0) is 38.0. The number of nitrogens with zero attached hydrogens (tertiary/aromatic N) is 4. The number of hydrogen-bond acceptors (Lipinski definition) is 3. The van der Waals surface area contributed by atoms with Gasteiger partial charge in [0.2, 0.25) is 0 Å². The first-order chi connectivity index (χ1) is 26.5. The molecule has 0 saturated carbocycles. The molecule has 1 aliphatic heterocycles. The van der Waals surface area contributed by atoms with Crippen molar-refractivity contribution in [3.63, 3.8) is 0 Å². The summed E-state index contributed by atoms with van der Waals surface area (Å²) < 4.78 is 51.4. The summed E-state index contributed by atoms with van der Waals surface area (Å²) in [5, 5.41) is 2.05. The lowest BCUT2D eigenvalue weighted by atomic mass is 9.65. The molecule has 236 valence electrons. The van der Waals surface area contributed by atoms with E-state index < -0.39 is 19.2 Å². The summed E-state index contributed by atoms with van der Waals surface area (Å²) in [6.45, 7) is -4.43. The number of fused-ring (bicyclic) bond motifs is 4. The van der Waals surface area contributed by atoms with Crippen LogP contribution in [0.4, 0.5) is 17.1 Å². The lowest BCUT2D eigenvalue weighted by Gasteiger charge is -2.37. The fourth-order valence-electron chi connectivity index (χ4n) is 7.71. The van der Waals surface area contributed by atoms with E-state index in [1.807, 2.05) is 66.7 Å². The van der Waals surface area contributed by atoms with E-state index in [9.17, 15) is 0 Å². The highest BCUT2D eigenvalue weighted by Gasteiger charge is 2.39. The minimum atomic E-state index is -2.31. The minimum absolute atomic E-state index is 0.178. The second-order valence-corrected chi connectivity index (χ2v) is 12.5. The third kappa shape index (κ3) is 4.56. The first kappa shape index (κ1) is 23.2. The van der Waals surface area contributed by atoms with Gasteiger partial charge in [0.05, 0.1) is 34.5 Å². The SMILES string of the molecule is [2H]C([2H])([2H])c1ccnc(-n2c3ccccc3c3ccc(C(c4ccccc4)(c4ccccc4)c4cccc(N5CN(C([2H])([2H])[2H])c6ccccc65)c4)cc32)c1. The summed E-state index contributed by atoms with van der Waals surface area (Å²) in [6, 6.07) is 54.8. The molecule has 49 heavy (non-hydrogen) atoms. The summed E-state index contributed by atoms with van der Waals surface area (Å²) in [5.41, 5.74) is 7.65. The number of hydrogen-bond donors (Lipinski definition) is 0. The maximum atomic E-state index is 8.32. The van der Waals surface area contributed by atoms with Crippen molar-refractivity contribution in [3.05, 3.63) is 198 Å². The highest BCUT2D eigenvalue weighted by Crippen LogP contribution is 2.48. The van der Waals surface area contributed by atoms with Crippen LogP contribution in [0.5, 0.6) is 0 Å². The molecule has 6 aromatic carbocycles. The number of aromatic nitrogens is 2. The Bertz CT molecular complexity index is 2650. The predicted molar refractivity (Wildman–Crippen MR) is 203 cm³/mol. The monoisotopic (exact) mass is 638 g/mol. The van der Waals surface area contributed by atoms with Gasteiger partial charge in [-0.1, -0.05) is 115 Å². The van der Waals surface area contributed by atoms with Gasteiger partial charge in [0.25, 0.3) is 0 Å². The van der Waals surface area contributed by atoms with E-state index in [0.717, 1.165) is 55.4 Å². The fourth-order valence-corrected chi connectivity index (χ4v) is 7.71. The van der Waals surface area contributed by atoms with Gasteiger partial charge in [0, 0.05) is 37.9 Å². The van der Waals surface area contributed by atoms with E-state index in [-0.39, 0.29) is 12.2 Å². The van der Waals surface area contributed by atoms with Crippen molar-refractivity contribution in [1.82, 2.24) is 9.55 Å². The molecule has 0 spiro atoms. The molecule has 1 aliphatic rings. The van der Waals surface area contributed by atoms with Crippen LogP contribution in [0.1, 0.15) is 36.0 Å². The van der Waals surface area contributed by atoms with Gasteiger partial charge in [-0.25, -0.2) is 4.98 Å². The average molecular weight is 639 g/mol. The van der Waals surface area contributed by atoms with Crippen molar-refractivity contribution in [3.8, 4) is 5.82 Å². The summed E-state index contributed by atoms with van der Waals surface area (Å²) >= 11 is 0. The molecule has 0 radical (unpaired) electrons. The summed E-state index contributed by atoms with van der Waals surface area (Å²) in [5.74, 6) is 0.524. The molecule has 0 amide bonds. The van der Waals surface area contributed by atoms with Crippen LogP contribution < -0.4 is 9.80 Å². The van der Waals surface area contributed by atoms with Crippen molar-refractivity contribution in [2.24, 2.45) is 0 Å². The van der Waals surface area contributed by atoms with Crippen LogP contribution in [-0.2, 0) is 5.41 Å². The second-order valence-electron chi connectivity index (χ2n) is 12.5. The summed E-state index contributed by atoms with van der Waals surface area (Å²) in [4.78, 5) is 8.26. The Labute approximate surface area is 295 Å². The summed E-state index contributed by atoms with van der Waals surface area (Å²) in [7, 11) is 0. The zero-order valence-electron chi connectivity index (χ0n) is 32.7. The van der Waals surface area contributed by atoms with Crippen molar-refractivity contribution < 1.29 is 8.22 Å². The largest absolute Gasteiger partial charge is 0.355 e. The van der Waals surface area contributed by atoms with Crippen molar-refractivity contribution in [2.75, 3.05) is 23.4 Å². The maximum absolute atomic E-state index is 8.32. The Kier molecular flexibility index (Phi) is 5.47. The quantitative estimate of drug-likeness (QED) is 0.169. The Morgan fingerprint density at radius 1 is 0.571 bits per heavy atom. The number of benzene rings is 6. The van der Waals surface area contributed by atoms with Gasteiger partial charge in [0.1, 0.15) is 5.82 Å². The molecular formula is C45H36N4. The van der Waals surface area contributed by atoms with Crippen LogP contribution in [0.25, 0.3) is 27.6 Å². The smallest absolute Gasteiger partial charge is 0.137 e. The molecule has 0 aliphatic carbocycles. The highest BCUT2D eigenvalue weighted by atomic mass is 15.4. The topological polar surface area (TPSA) is 24.3 Å². The van der Waals surface area contributed by atoms with E-state index in [4.69, 9.17) is 13.2 Å². The van der Waals surface area contributed by atoms with Crippen molar-refractivity contribution in [2.45, 2.75) is 12.3 Å². The van der Waals surface area contributed by atoms with Crippen LogP contribution in [0.15, 0.2) is 170 Å². The standard InChI is InChI=1S/C45H36N4/c1-32-26-27-46-44(28-32)49-40-21-10-9-20-38(40)39-25-24-36(30-43(39)49)45(33-14-5-3-6-15-33,34-16-7-4-8-17-34)35-18-13-19-37(29-35)48-31-47(2)41-22-11-12-23-42(41)48/h3-30H,31H2,1-2H3/i1D3,2D3. The van der Waals surface area contributed by atoms with E-state index in [1.54, 1.807) is 18.3 Å². The van der Waals surface area contributed by atoms with Gasteiger partial charge in [-0.3, -0.25) is 4.57 Å². The van der Waals surface area contributed by atoms with Gasteiger partial charge >= 0.3 is 0 Å². The average Bonchev–Trinajstić information content (AvgIpc) is 3.76. The molecule has 4 nitrogen and oxygen atoms in total. The molecule has 0 fully saturated rings. The minimum Gasteiger partial charge on any atom is -0.355 e. The van der Waals surface area contributed by atoms with Crippen LogP contribution >= 0.6 is 0 Å². The Morgan fingerprint density at radius 2 is 1.24 bits per heavy atom. The molecular weight excluding hydrogens is 597 g/mol. The van der Waals surface area contributed by atoms with Crippen LogP contribution in [0.2, 0.25) is 0 Å². The van der Waals surface area contributed by atoms with Crippen LogP contribution in [-0.4, -0.2) is 23.2 Å². The lowest BCUT2D eigenvalue weighted by Crippen LogP contribution is -2.31. The van der Waals surface area contributed by atoms with Gasteiger partial charge < -0.3 is 9.80 Å². The highest BCUT2D eigenvalue weighted by molar-refractivity contribution is 6.09. The predicted octanol–water partition coefficient (Wildman–Crippen LogP) is 10.4. The zero-order valence-corrected chi connectivity index (χ0v) is 26.7. The Balaban J connectivity index is 1.33. The molecule has 0 N–H and O–H groups in total. The molecule has 4 heteroatoms. The first-order valence-electron chi connectivity index (χ1n) is 19.4. The molecule has 8 aromatic rings. The molecule has 0 atom stereocenters. The van der Waals surface area contributed by atoms with Crippen LogP contribution in [0, 0.1) is 6.85 Å². The third-order valence-electron chi connectivity index (χ3n) is 9.83. The molecule has 9 rings (SSSR count). The molecule has 3 heterocycles. The second kappa shape index (κ2) is 11.5.